The van der Waals surface area contributed by atoms with E-state index in [1.54, 1.807) is 7.11 Å². The second-order valence-electron chi connectivity index (χ2n) is 11.2. The number of aryl methyl sites for hydroxylation is 2. The fourth-order valence-electron chi connectivity index (χ4n) is 5.67. The maximum atomic E-state index is 5.25. The van der Waals surface area contributed by atoms with Crippen LogP contribution in [0.2, 0.25) is 0 Å². The van der Waals surface area contributed by atoms with E-state index in [4.69, 9.17) is 9.72 Å². The Bertz CT molecular complexity index is 1920. The smallest absolute Gasteiger partial charge is 0.118 e. The molecule has 0 unspecified atom stereocenters. The number of fused-ring (bicyclic) bond motifs is 2. The minimum atomic E-state index is 0. The molecule has 1 aliphatic rings. The van der Waals surface area contributed by atoms with E-state index >= 15 is 0 Å². The van der Waals surface area contributed by atoms with Gasteiger partial charge in [0, 0.05) is 46.6 Å². The zero-order valence-corrected chi connectivity index (χ0v) is 29.3. The molecule has 0 amide bonds. The molecule has 6 aromatic rings. The third-order valence-electron chi connectivity index (χ3n) is 8.47. The molecule has 1 radical (unpaired) electrons. The normalized spacial score (nSPS) is 11.4. The molecule has 0 aliphatic carbocycles. The molecule has 0 saturated carbocycles. The summed E-state index contributed by atoms with van der Waals surface area (Å²) in [5, 5.41) is 0. The first kappa shape index (κ1) is 32.6. The van der Waals surface area contributed by atoms with Crippen molar-refractivity contribution in [1.82, 2.24) is 9.97 Å². The average Bonchev–Trinajstić information content (AvgIpc) is 3.10. The number of benzene rings is 4. The van der Waals surface area contributed by atoms with Gasteiger partial charge in [-0.1, -0.05) is 74.9 Å². The molecule has 1 aliphatic heterocycles. The first-order chi connectivity index (χ1) is 21.9. The van der Waals surface area contributed by atoms with E-state index in [0.29, 0.717) is 0 Å². The summed E-state index contributed by atoms with van der Waals surface area (Å²) in [5.74, 6) is 0.848. The zero-order chi connectivity index (χ0) is 31.5. The van der Waals surface area contributed by atoms with Crippen LogP contribution in [0.4, 0.5) is 22.7 Å². The Labute approximate surface area is 285 Å². The summed E-state index contributed by atoms with van der Waals surface area (Å²) in [5.41, 5.74) is 14.6. The molecule has 3 heterocycles. The second kappa shape index (κ2) is 14.1. The van der Waals surface area contributed by atoms with Crippen LogP contribution in [-0.4, -0.2) is 31.2 Å². The van der Waals surface area contributed by atoms with Crippen LogP contribution in [0.3, 0.4) is 0 Å². The number of hydrogen-bond acceptors (Lipinski definition) is 5. The van der Waals surface area contributed by atoms with Crippen molar-refractivity contribution < 1.29 is 24.8 Å². The molecule has 4 aromatic carbocycles. The summed E-state index contributed by atoms with van der Waals surface area (Å²) in [7, 11) is 5.89. The molecule has 6 heteroatoms. The van der Waals surface area contributed by atoms with E-state index in [-0.39, 0.29) is 20.1 Å². The molecule has 233 valence electrons. The number of anilines is 4. The molecule has 0 atom stereocenters. The minimum absolute atomic E-state index is 0. The molecular formula is C40H36IrN4O-2. The van der Waals surface area contributed by atoms with Crippen LogP contribution in [0.5, 0.6) is 5.75 Å². The Kier molecular flexibility index (Phi) is 10.0. The monoisotopic (exact) mass is 781 g/mol. The van der Waals surface area contributed by atoms with Gasteiger partial charge in [-0.3, -0.25) is 0 Å². The van der Waals surface area contributed by atoms with Crippen LogP contribution in [0, 0.1) is 32.9 Å². The summed E-state index contributed by atoms with van der Waals surface area (Å²) in [6.07, 6.45) is 3.73. The predicted octanol–water partition coefficient (Wildman–Crippen LogP) is 9.55. The topological polar surface area (TPSA) is 41.5 Å². The number of methoxy groups -OCH3 is 1. The number of para-hydroxylation sites is 2. The maximum absolute atomic E-state index is 5.25. The molecular weight excluding hydrogens is 745 g/mol. The van der Waals surface area contributed by atoms with Crippen molar-refractivity contribution in [3.8, 4) is 39.4 Å². The first-order valence-electron chi connectivity index (χ1n) is 15.0. The van der Waals surface area contributed by atoms with Gasteiger partial charge in [0.1, 0.15) is 5.75 Å². The van der Waals surface area contributed by atoms with Crippen molar-refractivity contribution >= 4 is 22.7 Å². The van der Waals surface area contributed by atoms with E-state index in [2.05, 4.69) is 110 Å². The molecule has 0 spiro atoms. The molecule has 0 saturated heterocycles. The maximum Gasteiger partial charge on any atom is 0.118 e. The van der Waals surface area contributed by atoms with Gasteiger partial charge in [0.15, 0.2) is 0 Å². The zero-order valence-electron chi connectivity index (χ0n) is 26.9. The van der Waals surface area contributed by atoms with E-state index in [1.807, 2.05) is 60.9 Å². The Balaban J connectivity index is 0.000000220. The van der Waals surface area contributed by atoms with Gasteiger partial charge in [-0.05, 0) is 64.2 Å². The molecule has 0 fully saturated rings. The minimum Gasteiger partial charge on any atom is -0.497 e. The van der Waals surface area contributed by atoms with Crippen LogP contribution in [0.1, 0.15) is 16.7 Å². The van der Waals surface area contributed by atoms with Crippen molar-refractivity contribution in [2.45, 2.75) is 20.8 Å². The summed E-state index contributed by atoms with van der Waals surface area (Å²) < 4.78 is 5.25. The number of rotatable bonds is 4. The first-order valence-corrected chi connectivity index (χ1v) is 15.0. The standard InChI is InChI=1S/C26H22N3O.C14H14N.Ir/c1-28-23-8-4-5-9-24(23)29(2)26-21(7-6-10-25(26)28)22-16-13-19(17-27-22)18-11-14-20(30-3)15-12-18;1-10-8-13(9-11(2)12(10)3)14-6-4-5-7-15-14;/h4-6,8-17H,1-3H3;4-8H,1-3H3;/q2*-1;. The van der Waals surface area contributed by atoms with Gasteiger partial charge in [0.05, 0.1) is 18.5 Å². The van der Waals surface area contributed by atoms with E-state index in [0.717, 1.165) is 50.8 Å². The van der Waals surface area contributed by atoms with Crippen LogP contribution in [-0.2, 0) is 20.1 Å². The third kappa shape index (κ3) is 6.46. The summed E-state index contributed by atoms with van der Waals surface area (Å²) in [4.78, 5) is 13.6. The van der Waals surface area contributed by atoms with Gasteiger partial charge >= 0.3 is 0 Å². The van der Waals surface area contributed by atoms with Crippen molar-refractivity contribution in [2.24, 2.45) is 0 Å². The summed E-state index contributed by atoms with van der Waals surface area (Å²) >= 11 is 0. The van der Waals surface area contributed by atoms with Gasteiger partial charge in [0.25, 0.3) is 0 Å². The fraction of sp³-hybridized carbons (Fsp3) is 0.150. The second-order valence-corrected chi connectivity index (χ2v) is 11.2. The number of pyridine rings is 2. The Morgan fingerprint density at radius 1 is 0.696 bits per heavy atom. The van der Waals surface area contributed by atoms with E-state index in [9.17, 15) is 0 Å². The Hall–Kier alpha value is -4.77. The number of nitrogens with zero attached hydrogens (tertiary/aromatic N) is 4. The van der Waals surface area contributed by atoms with Crippen molar-refractivity contribution in [2.75, 3.05) is 31.0 Å². The van der Waals surface area contributed by atoms with Crippen LogP contribution >= 0.6 is 0 Å². The fourth-order valence-corrected chi connectivity index (χ4v) is 5.67. The van der Waals surface area contributed by atoms with Gasteiger partial charge in [-0.25, -0.2) is 0 Å². The van der Waals surface area contributed by atoms with Crippen molar-refractivity contribution in [3.05, 3.63) is 138 Å². The Morgan fingerprint density at radius 2 is 1.39 bits per heavy atom. The van der Waals surface area contributed by atoms with E-state index < -0.39 is 0 Å². The summed E-state index contributed by atoms with van der Waals surface area (Å²) in [6.45, 7) is 6.35. The van der Waals surface area contributed by atoms with Gasteiger partial charge in [0.2, 0.25) is 0 Å². The van der Waals surface area contributed by atoms with Crippen LogP contribution in [0.25, 0.3) is 33.6 Å². The molecule has 5 nitrogen and oxygen atoms in total. The molecule has 0 N–H and O–H groups in total. The molecule has 7 rings (SSSR count). The summed E-state index contributed by atoms with van der Waals surface area (Å²) in [6, 6.07) is 39.6. The predicted molar refractivity (Wildman–Crippen MR) is 186 cm³/mol. The number of aromatic nitrogens is 2. The quantitative estimate of drug-likeness (QED) is 0.167. The van der Waals surface area contributed by atoms with Gasteiger partial charge in [-0.15, -0.1) is 52.6 Å². The molecule has 46 heavy (non-hydrogen) atoms. The Morgan fingerprint density at radius 3 is 2.02 bits per heavy atom. The van der Waals surface area contributed by atoms with Gasteiger partial charge < -0.3 is 24.5 Å². The number of hydrogen-bond donors (Lipinski definition) is 0. The van der Waals surface area contributed by atoms with Crippen LogP contribution < -0.4 is 14.5 Å². The number of ether oxygens (including phenoxy) is 1. The SMILES string of the molecule is COc1ccc(-c2ccc(-c3[c-]ccc4c3N(C)c3ccccc3N4C)nc2)cc1.Cc1[c-]c(-c2ccccn2)cc(C)c1C.[Ir]. The third-order valence-corrected chi connectivity index (χ3v) is 8.47. The van der Waals surface area contributed by atoms with Gasteiger partial charge in [-0.2, -0.15) is 0 Å². The molecule has 2 aromatic heterocycles. The molecule has 0 bridgehead atoms. The van der Waals surface area contributed by atoms with E-state index in [1.165, 1.54) is 28.1 Å². The van der Waals surface area contributed by atoms with Crippen LogP contribution in [0.15, 0.2) is 109 Å². The average molecular weight is 781 g/mol. The van der Waals surface area contributed by atoms with Crippen molar-refractivity contribution in [3.63, 3.8) is 0 Å². The van der Waals surface area contributed by atoms with Crippen molar-refractivity contribution in [1.29, 1.82) is 0 Å². The largest absolute Gasteiger partial charge is 0.497 e.